The van der Waals surface area contributed by atoms with Crippen LogP contribution in [0.3, 0.4) is 0 Å². The van der Waals surface area contributed by atoms with Crippen molar-refractivity contribution < 1.29 is 8.42 Å². The average Bonchev–Trinajstić information content (AvgIpc) is 3.33. The molecule has 1 aliphatic rings. The van der Waals surface area contributed by atoms with Gasteiger partial charge in [0.2, 0.25) is 10.0 Å². The summed E-state index contributed by atoms with van der Waals surface area (Å²) < 4.78 is 29.6. The van der Waals surface area contributed by atoms with Gasteiger partial charge in [-0.1, -0.05) is 56.7 Å². The van der Waals surface area contributed by atoms with E-state index >= 15 is 0 Å². The predicted molar refractivity (Wildman–Crippen MR) is 137 cm³/mol. The Morgan fingerprint density at radius 1 is 0.914 bits per heavy atom. The Hall–Kier alpha value is -3.30. The lowest BCUT2D eigenvalue weighted by Crippen LogP contribution is -2.49. The second kappa shape index (κ2) is 9.75. The second-order valence-corrected chi connectivity index (χ2v) is 10.9. The van der Waals surface area contributed by atoms with Crippen molar-refractivity contribution in [2.75, 3.05) is 31.1 Å². The molecule has 0 amide bonds. The zero-order chi connectivity index (χ0) is 24.4. The molecule has 35 heavy (non-hydrogen) atoms. The van der Waals surface area contributed by atoms with Crippen LogP contribution in [0.5, 0.6) is 0 Å². The lowest BCUT2D eigenvalue weighted by molar-refractivity contribution is 0.384. The SMILES string of the molecule is CCCC(C)c1nc(N2CCN(S(=O)(=O)c3ccccc3)CC2)c2cnn(-c3ccccc3)c2n1. The molecule has 4 aromatic rings. The van der Waals surface area contributed by atoms with Crippen molar-refractivity contribution in [1.82, 2.24) is 24.1 Å². The van der Waals surface area contributed by atoms with E-state index in [1.807, 2.05) is 47.3 Å². The predicted octanol–water partition coefficient (Wildman–Crippen LogP) is 4.23. The summed E-state index contributed by atoms with van der Waals surface area (Å²) in [5, 5.41) is 5.52. The number of sulfonamides is 1. The summed E-state index contributed by atoms with van der Waals surface area (Å²) in [7, 11) is -3.51. The molecule has 8 nitrogen and oxygen atoms in total. The summed E-state index contributed by atoms with van der Waals surface area (Å²) in [6.45, 7) is 6.22. The molecular formula is C26H30N6O2S. The highest BCUT2D eigenvalue weighted by Gasteiger charge is 2.30. The van der Waals surface area contributed by atoms with Crippen molar-refractivity contribution in [2.45, 2.75) is 37.5 Å². The molecule has 0 radical (unpaired) electrons. The molecule has 9 heteroatoms. The Morgan fingerprint density at radius 2 is 1.57 bits per heavy atom. The minimum absolute atomic E-state index is 0.210. The first kappa shape index (κ1) is 23.4. The molecular weight excluding hydrogens is 460 g/mol. The number of hydrogen-bond donors (Lipinski definition) is 0. The number of anilines is 1. The quantitative estimate of drug-likeness (QED) is 0.386. The summed E-state index contributed by atoms with van der Waals surface area (Å²) in [5.74, 6) is 1.83. The van der Waals surface area contributed by atoms with E-state index in [9.17, 15) is 8.42 Å². The normalized spacial score (nSPS) is 16.0. The summed E-state index contributed by atoms with van der Waals surface area (Å²) in [4.78, 5) is 12.4. The van der Waals surface area contributed by atoms with Crippen molar-refractivity contribution in [1.29, 1.82) is 0 Å². The maximum Gasteiger partial charge on any atom is 0.243 e. The lowest BCUT2D eigenvalue weighted by Gasteiger charge is -2.35. The van der Waals surface area contributed by atoms with Gasteiger partial charge in [-0.3, -0.25) is 0 Å². The lowest BCUT2D eigenvalue weighted by atomic mass is 10.1. The van der Waals surface area contributed by atoms with Gasteiger partial charge in [-0.25, -0.2) is 23.1 Å². The maximum absolute atomic E-state index is 13.1. The fourth-order valence-corrected chi connectivity index (χ4v) is 6.02. The molecule has 5 rings (SSSR count). The van der Waals surface area contributed by atoms with Gasteiger partial charge in [0.25, 0.3) is 0 Å². The van der Waals surface area contributed by atoms with E-state index in [2.05, 4.69) is 23.8 Å². The van der Waals surface area contributed by atoms with Gasteiger partial charge in [-0.05, 0) is 30.7 Å². The Labute approximate surface area is 206 Å². The van der Waals surface area contributed by atoms with Crippen LogP contribution < -0.4 is 4.90 Å². The number of hydrogen-bond acceptors (Lipinski definition) is 6. The van der Waals surface area contributed by atoms with E-state index in [-0.39, 0.29) is 5.92 Å². The van der Waals surface area contributed by atoms with Crippen LogP contribution in [0.25, 0.3) is 16.7 Å². The molecule has 1 atom stereocenters. The number of fused-ring (bicyclic) bond motifs is 1. The van der Waals surface area contributed by atoms with Crippen LogP contribution >= 0.6 is 0 Å². The van der Waals surface area contributed by atoms with Crippen LogP contribution in [0.1, 0.15) is 38.4 Å². The summed E-state index contributed by atoms with van der Waals surface area (Å²) in [5.41, 5.74) is 1.72. The van der Waals surface area contributed by atoms with Gasteiger partial charge in [-0.2, -0.15) is 9.40 Å². The topological polar surface area (TPSA) is 84.2 Å². The first-order valence-electron chi connectivity index (χ1n) is 12.1. The fourth-order valence-electron chi connectivity index (χ4n) is 4.57. The number of para-hydroxylation sites is 1. The van der Waals surface area contributed by atoms with Crippen LogP contribution in [-0.4, -0.2) is 58.7 Å². The third-order valence-corrected chi connectivity index (χ3v) is 8.42. The Kier molecular flexibility index (Phi) is 6.53. The van der Waals surface area contributed by atoms with Crippen LogP contribution in [0.2, 0.25) is 0 Å². The number of aromatic nitrogens is 4. The van der Waals surface area contributed by atoms with E-state index in [4.69, 9.17) is 9.97 Å². The average molecular weight is 491 g/mol. The monoisotopic (exact) mass is 490 g/mol. The second-order valence-electron chi connectivity index (χ2n) is 8.93. The Bertz CT molecular complexity index is 1400. The first-order chi connectivity index (χ1) is 17.0. The van der Waals surface area contributed by atoms with Crippen molar-refractivity contribution in [3.05, 3.63) is 72.7 Å². The smallest absolute Gasteiger partial charge is 0.243 e. The Balaban J connectivity index is 1.49. The van der Waals surface area contributed by atoms with E-state index in [1.165, 1.54) is 0 Å². The molecule has 1 unspecified atom stereocenters. The first-order valence-corrected chi connectivity index (χ1v) is 13.5. The number of rotatable bonds is 7. The van der Waals surface area contributed by atoms with Crippen LogP contribution in [-0.2, 0) is 10.0 Å². The van der Waals surface area contributed by atoms with Crippen molar-refractivity contribution in [3.63, 3.8) is 0 Å². The maximum atomic E-state index is 13.1. The number of piperazine rings is 1. The summed E-state index contributed by atoms with van der Waals surface area (Å²) in [6, 6.07) is 18.6. The molecule has 0 N–H and O–H groups in total. The molecule has 2 aromatic heterocycles. The van der Waals surface area contributed by atoms with Crippen LogP contribution in [0.15, 0.2) is 71.8 Å². The number of nitrogens with zero attached hydrogens (tertiary/aromatic N) is 6. The van der Waals surface area contributed by atoms with Gasteiger partial charge in [0.1, 0.15) is 11.6 Å². The molecule has 1 fully saturated rings. The highest BCUT2D eigenvalue weighted by molar-refractivity contribution is 7.89. The minimum Gasteiger partial charge on any atom is -0.353 e. The summed E-state index contributed by atoms with van der Waals surface area (Å²) >= 11 is 0. The summed E-state index contributed by atoms with van der Waals surface area (Å²) in [6.07, 6.45) is 3.86. The van der Waals surface area contributed by atoms with Gasteiger partial charge in [0, 0.05) is 32.1 Å². The molecule has 1 aliphatic heterocycles. The zero-order valence-corrected chi connectivity index (χ0v) is 20.9. The van der Waals surface area contributed by atoms with E-state index in [0.29, 0.717) is 31.1 Å². The largest absolute Gasteiger partial charge is 0.353 e. The highest BCUT2D eigenvalue weighted by Crippen LogP contribution is 2.30. The number of benzene rings is 2. The van der Waals surface area contributed by atoms with Crippen molar-refractivity contribution >= 4 is 26.9 Å². The highest BCUT2D eigenvalue weighted by atomic mass is 32.2. The van der Waals surface area contributed by atoms with Gasteiger partial charge in [-0.15, -0.1) is 0 Å². The van der Waals surface area contributed by atoms with Gasteiger partial charge in [0.05, 0.1) is 22.2 Å². The van der Waals surface area contributed by atoms with Crippen molar-refractivity contribution in [3.8, 4) is 5.69 Å². The van der Waals surface area contributed by atoms with Gasteiger partial charge >= 0.3 is 0 Å². The molecule has 0 bridgehead atoms. The van der Waals surface area contributed by atoms with E-state index in [1.54, 1.807) is 28.6 Å². The standard InChI is InChI=1S/C26H30N6O2S/c1-3-10-20(2)24-28-25(23-19-27-32(26(23)29-24)21-11-6-4-7-12-21)30-15-17-31(18-16-30)35(33,34)22-13-8-5-9-14-22/h4-9,11-14,19-20H,3,10,15-18H2,1-2H3. The van der Waals surface area contributed by atoms with E-state index in [0.717, 1.165) is 41.2 Å². The van der Waals surface area contributed by atoms with Crippen molar-refractivity contribution in [2.24, 2.45) is 0 Å². The van der Waals surface area contributed by atoms with Crippen LogP contribution in [0, 0.1) is 0 Å². The van der Waals surface area contributed by atoms with Crippen LogP contribution in [0.4, 0.5) is 5.82 Å². The minimum atomic E-state index is -3.51. The molecule has 3 heterocycles. The Morgan fingerprint density at radius 3 is 2.23 bits per heavy atom. The van der Waals surface area contributed by atoms with E-state index < -0.39 is 10.0 Å². The third-order valence-electron chi connectivity index (χ3n) is 6.51. The third kappa shape index (κ3) is 4.53. The van der Waals surface area contributed by atoms with Gasteiger partial charge < -0.3 is 4.90 Å². The molecule has 0 aliphatic carbocycles. The molecule has 0 spiro atoms. The fraction of sp³-hybridized carbons (Fsp3) is 0.346. The molecule has 182 valence electrons. The zero-order valence-electron chi connectivity index (χ0n) is 20.1. The molecule has 2 aromatic carbocycles. The molecule has 1 saturated heterocycles. The van der Waals surface area contributed by atoms with Gasteiger partial charge in [0.15, 0.2) is 5.65 Å². The molecule has 0 saturated carbocycles.